The highest BCUT2D eigenvalue weighted by Gasteiger charge is 2.27. The number of halogens is 1. The van der Waals surface area contributed by atoms with Gasteiger partial charge in [0.25, 0.3) is 5.91 Å². The van der Waals surface area contributed by atoms with E-state index in [1.54, 1.807) is 18.5 Å². The van der Waals surface area contributed by atoms with Gasteiger partial charge in [-0.3, -0.25) is 4.79 Å². The van der Waals surface area contributed by atoms with Gasteiger partial charge >= 0.3 is 0 Å². The minimum Gasteiger partial charge on any atom is -0.378 e. The Balaban J connectivity index is 1.31. The lowest BCUT2D eigenvalue weighted by Crippen LogP contribution is -2.39. The number of amides is 1. The smallest absolute Gasteiger partial charge is 0.255 e. The first-order valence-corrected chi connectivity index (χ1v) is 10.5. The molecular formula is C20H22ClN7O2. The summed E-state index contributed by atoms with van der Waals surface area (Å²) in [4.78, 5) is 29.8. The van der Waals surface area contributed by atoms with Crippen LogP contribution in [0.1, 0.15) is 29.2 Å². The molecule has 0 bridgehead atoms. The van der Waals surface area contributed by atoms with Crippen molar-refractivity contribution in [2.45, 2.75) is 18.9 Å². The Hall–Kier alpha value is -2.78. The molecular weight excluding hydrogens is 406 g/mol. The van der Waals surface area contributed by atoms with Crippen molar-refractivity contribution >= 4 is 34.4 Å². The lowest BCUT2D eigenvalue weighted by molar-refractivity contribution is 0.0691. The van der Waals surface area contributed by atoms with Crippen molar-refractivity contribution in [3.05, 3.63) is 41.6 Å². The number of carbonyl (C=O) groups excluding carboxylic acids is 1. The molecule has 5 rings (SSSR count). The van der Waals surface area contributed by atoms with Gasteiger partial charge in [-0.05, 0) is 25.0 Å². The Morgan fingerprint density at radius 2 is 1.83 bits per heavy atom. The van der Waals surface area contributed by atoms with Gasteiger partial charge in [0, 0.05) is 32.4 Å². The molecule has 2 aliphatic heterocycles. The molecule has 1 amide bonds. The molecule has 0 aliphatic carbocycles. The minimum atomic E-state index is -0.0140. The Bertz CT molecular complexity index is 1040. The van der Waals surface area contributed by atoms with Crippen LogP contribution in [0, 0.1) is 0 Å². The molecule has 5 heterocycles. The van der Waals surface area contributed by atoms with Crippen LogP contribution in [0.15, 0.2) is 30.9 Å². The van der Waals surface area contributed by atoms with E-state index in [1.165, 1.54) is 6.20 Å². The van der Waals surface area contributed by atoms with Crippen molar-refractivity contribution in [1.82, 2.24) is 29.6 Å². The number of anilines is 1. The molecule has 0 spiro atoms. The van der Waals surface area contributed by atoms with Crippen LogP contribution in [0.5, 0.6) is 0 Å². The average Bonchev–Trinajstić information content (AvgIpc) is 3.24. The van der Waals surface area contributed by atoms with Gasteiger partial charge in [0.2, 0.25) is 0 Å². The Morgan fingerprint density at radius 3 is 2.57 bits per heavy atom. The summed E-state index contributed by atoms with van der Waals surface area (Å²) < 4.78 is 7.44. The molecule has 0 N–H and O–H groups in total. The van der Waals surface area contributed by atoms with Gasteiger partial charge in [0.15, 0.2) is 5.65 Å². The standard InChI is InChI=1S/C20H22ClN7O2/c21-17-2-1-14(11-22-17)20(29)27-5-3-15(4-6-27)28-19-16(12-25-28)18(23-13-24-19)26-7-9-30-10-8-26/h1-2,11-13,15H,3-10H2. The quantitative estimate of drug-likeness (QED) is 0.592. The van der Waals surface area contributed by atoms with Crippen LogP contribution >= 0.6 is 11.6 Å². The first-order chi connectivity index (χ1) is 14.7. The lowest BCUT2D eigenvalue weighted by atomic mass is 10.0. The second-order valence-corrected chi connectivity index (χ2v) is 7.90. The highest BCUT2D eigenvalue weighted by molar-refractivity contribution is 6.29. The molecule has 2 saturated heterocycles. The summed E-state index contributed by atoms with van der Waals surface area (Å²) in [7, 11) is 0. The zero-order chi connectivity index (χ0) is 20.5. The van der Waals surface area contributed by atoms with Gasteiger partial charge in [-0.1, -0.05) is 11.6 Å². The number of carbonyl (C=O) groups is 1. The maximum Gasteiger partial charge on any atom is 0.255 e. The molecule has 10 heteroatoms. The van der Waals surface area contributed by atoms with E-state index in [4.69, 9.17) is 16.3 Å². The van der Waals surface area contributed by atoms with Crippen LogP contribution in [0.3, 0.4) is 0 Å². The number of rotatable bonds is 3. The Kier molecular flexibility index (Phi) is 5.22. The molecule has 2 aliphatic rings. The third-order valence-corrected chi connectivity index (χ3v) is 5.98. The zero-order valence-electron chi connectivity index (χ0n) is 16.4. The van der Waals surface area contributed by atoms with E-state index in [0.29, 0.717) is 37.0 Å². The highest BCUT2D eigenvalue weighted by Crippen LogP contribution is 2.29. The van der Waals surface area contributed by atoms with Gasteiger partial charge < -0.3 is 14.5 Å². The van der Waals surface area contributed by atoms with Crippen molar-refractivity contribution in [3.8, 4) is 0 Å². The summed E-state index contributed by atoms with van der Waals surface area (Å²) in [6.07, 6.45) is 6.64. The maximum absolute atomic E-state index is 12.7. The fourth-order valence-electron chi connectivity index (χ4n) is 4.14. The number of pyridine rings is 1. The van der Waals surface area contributed by atoms with Crippen LogP contribution < -0.4 is 4.90 Å². The molecule has 156 valence electrons. The van der Waals surface area contributed by atoms with Gasteiger partial charge in [0.05, 0.1) is 36.4 Å². The predicted octanol–water partition coefficient (Wildman–Crippen LogP) is 2.19. The molecule has 0 atom stereocenters. The van der Waals surface area contributed by atoms with Crippen molar-refractivity contribution in [2.24, 2.45) is 0 Å². The number of piperidine rings is 1. The molecule has 30 heavy (non-hydrogen) atoms. The fraction of sp³-hybridized carbons (Fsp3) is 0.450. The van der Waals surface area contributed by atoms with Crippen LogP contribution in [0.25, 0.3) is 11.0 Å². The first kappa shape index (κ1) is 19.2. The van der Waals surface area contributed by atoms with Crippen LogP contribution in [0.2, 0.25) is 5.15 Å². The summed E-state index contributed by atoms with van der Waals surface area (Å²) in [6.45, 7) is 4.36. The van der Waals surface area contributed by atoms with E-state index in [9.17, 15) is 4.79 Å². The number of fused-ring (bicyclic) bond motifs is 1. The number of hydrogen-bond acceptors (Lipinski definition) is 7. The van der Waals surface area contributed by atoms with E-state index < -0.39 is 0 Å². The normalized spacial score (nSPS) is 18.2. The van der Waals surface area contributed by atoms with Crippen LogP contribution in [-0.2, 0) is 4.74 Å². The number of nitrogens with zero attached hydrogens (tertiary/aromatic N) is 7. The van der Waals surface area contributed by atoms with E-state index >= 15 is 0 Å². The summed E-state index contributed by atoms with van der Waals surface area (Å²) in [6, 6.07) is 3.56. The lowest BCUT2D eigenvalue weighted by Gasteiger charge is -2.32. The summed E-state index contributed by atoms with van der Waals surface area (Å²) in [5, 5.41) is 5.99. The molecule has 3 aromatic rings. The Labute approximate surface area is 178 Å². The zero-order valence-corrected chi connectivity index (χ0v) is 17.2. The maximum atomic E-state index is 12.7. The van der Waals surface area contributed by atoms with Crippen LogP contribution in [-0.4, -0.2) is 74.9 Å². The molecule has 0 unspecified atom stereocenters. The number of hydrogen-bond donors (Lipinski definition) is 0. The molecule has 0 saturated carbocycles. The summed E-state index contributed by atoms with van der Waals surface area (Å²) in [5.74, 6) is 0.900. The van der Waals surface area contributed by atoms with Gasteiger partial charge in [-0.15, -0.1) is 0 Å². The SMILES string of the molecule is O=C(c1ccc(Cl)nc1)N1CCC(n2ncc3c(N4CCOCC4)ncnc32)CC1. The van der Waals surface area contributed by atoms with Crippen molar-refractivity contribution < 1.29 is 9.53 Å². The minimum absolute atomic E-state index is 0.0140. The molecule has 2 fully saturated rings. The topological polar surface area (TPSA) is 89.3 Å². The first-order valence-electron chi connectivity index (χ1n) is 10.1. The largest absolute Gasteiger partial charge is 0.378 e. The Morgan fingerprint density at radius 1 is 1.03 bits per heavy atom. The molecule has 9 nitrogen and oxygen atoms in total. The number of morpholine rings is 1. The van der Waals surface area contributed by atoms with E-state index in [1.807, 2.05) is 15.8 Å². The number of ether oxygens (including phenoxy) is 1. The summed E-state index contributed by atoms with van der Waals surface area (Å²) in [5.41, 5.74) is 1.41. The molecule has 3 aromatic heterocycles. The number of likely N-dealkylation sites (tertiary alicyclic amines) is 1. The third-order valence-electron chi connectivity index (χ3n) is 5.75. The van der Waals surface area contributed by atoms with Gasteiger partial charge in [-0.25, -0.2) is 19.6 Å². The average molecular weight is 428 g/mol. The van der Waals surface area contributed by atoms with Gasteiger partial charge in [-0.2, -0.15) is 5.10 Å². The molecule has 0 radical (unpaired) electrons. The van der Waals surface area contributed by atoms with Crippen molar-refractivity contribution in [1.29, 1.82) is 0 Å². The predicted molar refractivity (Wildman–Crippen MR) is 112 cm³/mol. The van der Waals surface area contributed by atoms with Crippen molar-refractivity contribution in [2.75, 3.05) is 44.3 Å². The van der Waals surface area contributed by atoms with E-state index in [0.717, 1.165) is 42.8 Å². The summed E-state index contributed by atoms with van der Waals surface area (Å²) >= 11 is 5.82. The van der Waals surface area contributed by atoms with Crippen molar-refractivity contribution in [3.63, 3.8) is 0 Å². The molecule has 0 aromatic carbocycles. The third kappa shape index (κ3) is 3.59. The van der Waals surface area contributed by atoms with E-state index in [-0.39, 0.29) is 11.9 Å². The van der Waals surface area contributed by atoms with Crippen LogP contribution in [0.4, 0.5) is 5.82 Å². The monoisotopic (exact) mass is 427 g/mol. The second kappa shape index (κ2) is 8.16. The number of aromatic nitrogens is 5. The van der Waals surface area contributed by atoms with Gasteiger partial charge in [0.1, 0.15) is 17.3 Å². The van der Waals surface area contributed by atoms with E-state index in [2.05, 4.69) is 25.0 Å². The fourth-order valence-corrected chi connectivity index (χ4v) is 4.25. The second-order valence-electron chi connectivity index (χ2n) is 7.52. The highest BCUT2D eigenvalue weighted by atomic mass is 35.5.